The summed E-state index contributed by atoms with van der Waals surface area (Å²) in [6.45, 7) is 0.112. The van der Waals surface area contributed by atoms with Crippen LogP contribution < -0.4 is 15.4 Å². The van der Waals surface area contributed by atoms with Gasteiger partial charge in [0.1, 0.15) is 5.75 Å². The number of methoxy groups -OCH3 is 1. The first-order valence-electron chi connectivity index (χ1n) is 9.19. The number of anilines is 1. The molecule has 3 aromatic rings. The molecule has 0 atom stereocenters. The van der Waals surface area contributed by atoms with Gasteiger partial charge in [0.25, 0.3) is 5.91 Å². The highest BCUT2D eigenvalue weighted by Gasteiger charge is 2.30. The van der Waals surface area contributed by atoms with Crippen molar-refractivity contribution in [1.29, 1.82) is 0 Å². The number of rotatable bonds is 5. The highest BCUT2D eigenvalue weighted by Crippen LogP contribution is 2.30. The molecule has 6 nitrogen and oxygen atoms in total. The second-order valence-electron chi connectivity index (χ2n) is 6.38. The third kappa shape index (κ3) is 6.30. The van der Waals surface area contributed by atoms with Gasteiger partial charge in [-0.05, 0) is 48.5 Å². The Balaban J connectivity index is 1.85. The highest BCUT2D eigenvalue weighted by atomic mass is 19.4. The van der Waals surface area contributed by atoms with Crippen molar-refractivity contribution < 1.29 is 22.7 Å². The molecule has 2 aromatic carbocycles. The van der Waals surface area contributed by atoms with Crippen molar-refractivity contribution in [3.05, 3.63) is 89.7 Å². The van der Waals surface area contributed by atoms with E-state index in [2.05, 4.69) is 20.6 Å². The molecule has 0 spiro atoms. The minimum atomic E-state index is -4.49. The Bertz CT molecular complexity index is 1070. The fourth-order valence-corrected chi connectivity index (χ4v) is 2.62. The zero-order valence-corrected chi connectivity index (χ0v) is 16.5. The third-order valence-electron chi connectivity index (χ3n) is 4.14. The summed E-state index contributed by atoms with van der Waals surface area (Å²) >= 11 is 0. The van der Waals surface area contributed by atoms with Gasteiger partial charge < -0.3 is 10.1 Å². The maximum atomic E-state index is 13.0. The predicted octanol–water partition coefficient (Wildman–Crippen LogP) is 4.51. The first-order valence-corrected chi connectivity index (χ1v) is 9.19. The first kappa shape index (κ1) is 21.8. The van der Waals surface area contributed by atoms with E-state index in [9.17, 15) is 18.0 Å². The fraction of sp³-hybridized carbons (Fsp3) is 0.136. The molecule has 0 bridgehead atoms. The normalized spacial score (nSPS) is 11.7. The van der Waals surface area contributed by atoms with Crippen molar-refractivity contribution in [3.63, 3.8) is 0 Å². The van der Waals surface area contributed by atoms with E-state index in [4.69, 9.17) is 4.74 Å². The van der Waals surface area contributed by atoms with Gasteiger partial charge in [0, 0.05) is 17.4 Å². The number of alkyl halides is 3. The summed E-state index contributed by atoms with van der Waals surface area (Å²) in [5.74, 6) is -0.0265. The second kappa shape index (κ2) is 9.75. The number of nitrogens with zero attached hydrogens (tertiary/aromatic N) is 2. The topological polar surface area (TPSA) is 75.6 Å². The number of nitrogens with one attached hydrogen (secondary N) is 2. The summed E-state index contributed by atoms with van der Waals surface area (Å²) in [5, 5.41) is 5.35. The Morgan fingerprint density at radius 2 is 1.87 bits per heavy atom. The summed E-state index contributed by atoms with van der Waals surface area (Å²) in [7, 11) is 1.48. The van der Waals surface area contributed by atoms with Crippen LogP contribution in [0.2, 0.25) is 0 Å². The molecule has 1 heterocycles. The molecule has 0 saturated carbocycles. The van der Waals surface area contributed by atoms with Gasteiger partial charge in [-0.3, -0.25) is 15.1 Å². The summed E-state index contributed by atoms with van der Waals surface area (Å²) in [5.41, 5.74) is 0.235. The summed E-state index contributed by atoms with van der Waals surface area (Å²) in [6, 6.07) is 16.4. The molecule has 0 unspecified atom stereocenters. The highest BCUT2D eigenvalue weighted by molar-refractivity contribution is 6.10. The van der Waals surface area contributed by atoms with Gasteiger partial charge in [0.05, 0.1) is 24.9 Å². The zero-order valence-electron chi connectivity index (χ0n) is 16.5. The molecule has 0 aliphatic heterocycles. The number of hydrogen-bond acceptors (Lipinski definition) is 4. The van der Waals surface area contributed by atoms with Crippen molar-refractivity contribution in [2.45, 2.75) is 12.7 Å². The SMILES string of the molecule is COc1cccc(C(=O)NC(=NCc2ccccn2)Nc2cccc(C(F)(F)F)c2)c1. The lowest BCUT2D eigenvalue weighted by molar-refractivity contribution is -0.137. The Labute approximate surface area is 176 Å². The predicted molar refractivity (Wildman–Crippen MR) is 111 cm³/mol. The van der Waals surface area contributed by atoms with Crippen LogP contribution in [-0.4, -0.2) is 24.0 Å². The molecule has 3 rings (SSSR count). The minimum absolute atomic E-state index is 0.0159. The smallest absolute Gasteiger partial charge is 0.416 e. The molecule has 31 heavy (non-hydrogen) atoms. The summed E-state index contributed by atoms with van der Waals surface area (Å²) < 4.78 is 44.2. The van der Waals surface area contributed by atoms with Gasteiger partial charge in [0.15, 0.2) is 0 Å². The molecule has 0 radical (unpaired) electrons. The molecule has 0 fully saturated rings. The molecule has 2 N–H and O–H groups in total. The largest absolute Gasteiger partial charge is 0.497 e. The Hall–Kier alpha value is -3.88. The van der Waals surface area contributed by atoms with Crippen LogP contribution in [0, 0.1) is 0 Å². The van der Waals surface area contributed by atoms with Crippen LogP contribution in [0.15, 0.2) is 77.9 Å². The fourth-order valence-electron chi connectivity index (χ4n) is 2.62. The van der Waals surface area contributed by atoms with E-state index in [1.54, 1.807) is 42.6 Å². The average Bonchev–Trinajstić information content (AvgIpc) is 2.78. The van der Waals surface area contributed by atoms with Gasteiger partial charge in [-0.25, -0.2) is 4.99 Å². The Morgan fingerprint density at radius 1 is 1.06 bits per heavy atom. The van der Waals surface area contributed by atoms with Crippen LogP contribution in [0.1, 0.15) is 21.6 Å². The molecule has 160 valence electrons. The lowest BCUT2D eigenvalue weighted by atomic mass is 10.2. The Morgan fingerprint density at radius 3 is 2.58 bits per heavy atom. The van der Waals surface area contributed by atoms with Crippen LogP contribution >= 0.6 is 0 Å². The monoisotopic (exact) mass is 428 g/mol. The molecule has 0 saturated heterocycles. The quantitative estimate of drug-likeness (QED) is 0.463. The van der Waals surface area contributed by atoms with Crippen LogP contribution in [0.4, 0.5) is 18.9 Å². The minimum Gasteiger partial charge on any atom is -0.497 e. The zero-order chi connectivity index (χ0) is 22.3. The van der Waals surface area contributed by atoms with Crippen molar-refractivity contribution in [3.8, 4) is 5.75 Å². The van der Waals surface area contributed by atoms with Gasteiger partial charge in [-0.15, -0.1) is 0 Å². The van der Waals surface area contributed by atoms with Gasteiger partial charge in [-0.1, -0.05) is 18.2 Å². The first-order chi connectivity index (χ1) is 14.8. The van der Waals surface area contributed by atoms with E-state index in [-0.39, 0.29) is 18.2 Å². The van der Waals surface area contributed by atoms with E-state index in [0.717, 1.165) is 12.1 Å². The maximum absolute atomic E-state index is 13.0. The average molecular weight is 428 g/mol. The number of ether oxygens (including phenoxy) is 1. The van der Waals surface area contributed by atoms with Crippen LogP contribution in [0.25, 0.3) is 0 Å². The van der Waals surface area contributed by atoms with Crippen LogP contribution in [-0.2, 0) is 12.7 Å². The lowest BCUT2D eigenvalue weighted by Crippen LogP contribution is -2.36. The number of pyridine rings is 1. The van der Waals surface area contributed by atoms with Crippen LogP contribution in [0.3, 0.4) is 0 Å². The van der Waals surface area contributed by atoms with Crippen molar-refractivity contribution in [2.75, 3.05) is 12.4 Å². The van der Waals surface area contributed by atoms with Gasteiger partial charge in [0.2, 0.25) is 5.96 Å². The van der Waals surface area contributed by atoms with Gasteiger partial charge in [-0.2, -0.15) is 13.2 Å². The number of benzene rings is 2. The lowest BCUT2D eigenvalue weighted by Gasteiger charge is -2.14. The van der Waals surface area contributed by atoms with Crippen LogP contribution in [0.5, 0.6) is 5.75 Å². The molecule has 0 aliphatic rings. The summed E-state index contributed by atoms with van der Waals surface area (Å²) in [4.78, 5) is 21.1. The molecular weight excluding hydrogens is 409 g/mol. The second-order valence-corrected chi connectivity index (χ2v) is 6.38. The van der Waals surface area contributed by atoms with E-state index < -0.39 is 17.6 Å². The summed E-state index contributed by atoms with van der Waals surface area (Å²) in [6.07, 6.45) is -2.90. The van der Waals surface area contributed by atoms with E-state index >= 15 is 0 Å². The number of guanidine groups is 1. The third-order valence-corrected chi connectivity index (χ3v) is 4.14. The molecule has 0 aliphatic carbocycles. The number of halogens is 3. The molecule has 9 heteroatoms. The van der Waals surface area contributed by atoms with Gasteiger partial charge >= 0.3 is 6.18 Å². The number of amides is 1. The number of carbonyl (C=O) groups excluding carboxylic acids is 1. The molecular formula is C22H19F3N4O2. The van der Waals surface area contributed by atoms with Crippen molar-refractivity contribution >= 4 is 17.6 Å². The number of aromatic nitrogens is 1. The standard InChI is InChI=1S/C22H19F3N4O2/c1-31-19-10-4-6-15(12-19)20(30)29-21(27-14-18-8-2-3-11-26-18)28-17-9-5-7-16(13-17)22(23,24)25/h2-13H,14H2,1H3,(H2,27,28,29,30). The Kier molecular flexibility index (Phi) is 6.86. The number of carbonyl (C=O) groups is 1. The van der Waals surface area contributed by atoms with Crippen molar-refractivity contribution in [1.82, 2.24) is 10.3 Å². The number of aliphatic imine (C=N–C) groups is 1. The maximum Gasteiger partial charge on any atom is 0.416 e. The number of hydrogen-bond donors (Lipinski definition) is 2. The van der Waals surface area contributed by atoms with E-state index in [0.29, 0.717) is 17.0 Å². The molecule has 1 aromatic heterocycles. The van der Waals surface area contributed by atoms with E-state index in [1.165, 1.54) is 25.3 Å². The van der Waals surface area contributed by atoms with E-state index in [1.807, 2.05) is 0 Å². The van der Waals surface area contributed by atoms with Crippen molar-refractivity contribution in [2.24, 2.45) is 4.99 Å². The molecule has 1 amide bonds.